The second-order valence-electron chi connectivity index (χ2n) is 5.51. The Hall–Kier alpha value is -2.57. The summed E-state index contributed by atoms with van der Waals surface area (Å²) in [6.07, 6.45) is 0. The van der Waals surface area contributed by atoms with Gasteiger partial charge in [-0.25, -0.2) is 4.90 Å². The predicted molar refractivity (Wildman–Crippen MR) is 103 cm³/mol. The molecule has 0 saturated heterocycles. The Balaban J connectivity index is 1.98. The zero-order chi connectivity index (χ0) is 18.5. The second-order valence-corrected chi connectivity index (χ2v) is 6.62. The molecule has 1 N–H and O–H groups in total. The van der Waals surface area contributed by atoms with E-state index < -0.39 is 0 Å². The van der Waals surface area contributed by atoms with Crippen molar-refractivity contribution in [2.45, 2.75) is 6.92 Å². The summed E-state index contributed by atoms with van der Waals surface area (Å²) in [5.74, 6) is 0.311. The molecular weight excluding hydrogens is 350 g/mol. The molecule has 134 valence electrons. The Morgan fingerprint density at radius 3 is 2.31 bits per heavy atom. The molecule has 0 aliphatic carbocycles. The maximum Gasteiger partial charge on any atom is 0.272 e. The minimum Gasteiger partial charge on any atom is -0.494 e. The second kappa shape index (κ2) is 8.21. The third kappa shape index (κ3) is 3.52. The Labute approximate surface area is 156 Å². The maximum absolute atomic E-state index is 13.0. The molecule has 2 amide bonds. The van der Waals surface area contributed by atoms with E-state index in [1.54, 1.807) is 24.3 Å². The summed E-state index contributed by atoms with van der Waals surface area (Å²) < 4.78 is 5.41. The molecule has 26 heavy (non-hydrogen) atoms. The lowest BCUT2D eigenvalue weighted by Gasteiger charge is -2.15. The van der Waals surface area contributed by atoms with Crippen molar-refractivity contribution in [3.8, 4) is 5.75 Å². The molecule has 0 atom stereocenters. The van der Waals surface area contributed by atoms with Gasteiger partial charge in [-0.2, -0.15) is 0 Å². The standard InChI is InChI=1S/C20H19NO4S/c1-2-25-16-10-8-15(9-11-16)21-19(23)17(14-6-4-3-5-7-14)18(20(21)24)26-13-12-22/h3-11,22H,2,12-13H2,1H3. The maximum atomic E-state index is 13.0. The molecule has 2 aromatic carbocycles. The highest BCUT2D eigenvalue weighted by molar-refractivity contribution is 8.04. The number of benzene rings is 2. The van der Waals surface area contributed by atoms with Crippen LogP contribution in [0.4, 0.5) is 5.69 Å². The molecule has 0 radical (unpaired) electrons. The van der Waals surface area contributed by atoms with Crippen LogP contribution in [0.1, 0.15) is 12.5 Å². The van der Waals surface area contributed by atoms with Gasteiger partial charge in [-0.05, 0) is 36.8 Å². The van der Waals surface area contributed by atoms with E-state index >= 15 is 0 Å². The van der Waals surface area contributed by atoms with Crippen LogP contribution in [0.15, 0.2) is 59.5 Å². The Morgan fingerprint density at radius 1 is 1.00 bits per heavy atom. The number of rotatable bonds is 7. The Bertz CT molecular complexity index is 831. The van der Waals surface area contributed by atoms with Crippen molar-refractivity contribution in [1.29, 1.82) is 0 Å². The van der Waals surface area contributed by atoms with Gasteiger partial charge in [0, 0.05) is 5.75 Å². The van der Waals surface area contributed by atoms with Crippen molar-refractivity contribution in [2.75, 3.05) is 23.9 Å². The number of imide groups is 1. The van der Waals surface area contributed by atoms with Gasteiger partial charge in [-0.15, -0.1) is 11.8 Å². The number of nitrogens with zero attached hydrogens (tertiary/aromatic N) is 1. The van der Waals surface area contributed by atoms with Gasteiger partial charge in [-0.3, -0.25) is 9.59 Å². The molecule has 3 rings (SSSR count). The van der Waals surface area contributed by atoms with Crippen LogP contribution >= 0.6 is 11.8 Å². The molecule has 0 unspecified atom stereocenters. The summed E-state index contributed by atoms with van der Waals surface area (Å²) in [7, 11) is 0. The number of amides is 2. The molecule has 0 fully saturated rings. The lowest BCUT2D eigenvalue weighted by Crippen LogP contribution is -2.31. The van der Waals surface area contributed by atoms with Crippen LogP contribution in [0.5, 0.6) is 5.75 Å². The van der Waals surface area contributed by atoms with Crippen molar-refractivity contribution in [3.05, 3.63) is 65.1 Å². The summed E-state index contributed by atoms with van der Waals surface area (Å²) in [4.78, 5) is 27.5. The molecule has 1 aliphatic rings. The number of anilines is 1. The van der Waals surface area contributed by atoms with E-state index in [-0.39, 0.29) is 18.4 Å². The fourth-order valence-electron chi connectivity index (χ4n) is 2.74. The van der Waals surface area contributed by atoms with Crippen molar-refractivity contribution >= 4 is 34.8 Å². The zero-order valence-corrected chi connectivity index (χ0v) is 15.2. The zero-order valence-electron chi connectivity index (χ0n) is 14.3. The van der Waals surface area contributed by atoms with Crippen LogP contribution in [0.2, 0.25) is 0 Å². The molecule has 0 saturated carbocycles. The predicted octanol–water partition coefficient (Wildman–Crippen LogP) is 3.10. The first-order chi connectivity index (χ1) is 12.7. The van der Waals surface area contributed by atoms with E-state index in [1.807, 2.05) is 37.3 Å². The Morgan fingerprint density at radius 2 is 1.69 bits per heavy atom. The van der Waals surface area contributed by atoms with Gasteiger partial charge in [-0.1, -0.05) is 30.3 Å². The largest absolute Gasteiger partial charge is 0.494 e. The molecule has 1 heterocycles. The quantitative estimate of drug-likeness (QED) is 0.760. The van der Waals surface area contributed by atoms with Crippen molar-refractivity contribution in [1.82, 2.24) is 0 Å². The fraction of sp³-hybridized carbons (Fsp3) is 0.200. The first-order valence-corrected chi connectivity index (χ1v) is 9.31. The van der Waals surface area contributed by atoms with Gasteiger partial charge in [0.2, 0.25) is 0 Å². The van der Waals surface area contributed by atoms with Crippen LogP contribution in [0, 0.1) is 0 Å². The number of hydrogen-bond donors (Lipinski definition) is 1. The van der Waals surface area contributed by atoms with E-state index in [0.717, 1.165) is 0 Å². The van der Waals surface area contributed by atoms with E-state index in [9.17, 15) is 9.59 Å². The van der Waals surface area contributed by atoms with E-state index in [0.29, 0.717) is 39.8 Å². The molecule has 2 aromatic rings. The highest BCUT2D eigenvalue weighted by atomic mass is 32.2. The summed E-state index contributed by atoms with van der Waals surface area (Å²) in [6.45, 7) is 2.37. The molecule has 1 aliphatic heterocycles. The number of carbonyl (C=O) groups is 2. The molecule has 0 aromatic heterocycles. The summed E-state index contributed by atoms with van der Waals surface area (Å²) in [5, 5.41) is 9.13. The van der Waals surface area contributed by atoms with Crippen LogP contribution in [-0.4, -0.2) is 35.9 Å². The average molecular weight is 369 g/mol. The minimum atomic E-state index is -0.364. The van der Waals surface area contributed by atoms with Crippen LogP contribution < -0.4 is 9.64 Å². The van der Waals surface area contributed by atoms with Crippen LogP contribution in [-0.2, 0) is 9.59 Å². The Kier molecular flexibility index (Phi) is 5.75. The summed E-state index contributed by atoms with van der Waals surface area (Å²) in [5.41, 5.74) is 1.57. The average Bonchev–Trinajstić information content (AvgIpc) is 2.91. The minimum absolute atomic E-state index is 0.0687. The summed E-state index contributed by atoms with van der Waals surface area (Å²) >= 11 is 1.20. The monoisotopic (exact) mass is 369 g/mol. The first kappa shape index (κ1) is 18.2. The van der Waals surface area contributed by atoms with E-state index in [4.69, 9.17) is 9.84 Å². The van der Waals surface area contributed by atoms with E-state index in [1.165, 1.54) is 16.7 Å². The van der Waals surface area contributed by atoms with E-state index in [2.05, 4.69) is 0 Å². The van der Waals surface area contributed by atoms with Crippen molar-refractivity contribution < 1.29 is 19.4 Å². The highest BCUT2D eigenvalue weighted by Gasteiger charge is 2.40. The molecule has 5 nitrogen and oxygen atoms in total. The van der Waals surface area contributed by atoms with Gasteiger partial charge >= 0.3 is 0 Å². The molecular formula is C20H19NO4S. The van der Waals surface area contributed by atoms with Gasteiger partial charge < -0.3 is 9.84 Å². The van der Waals surface area contributed by atoms with Crippen LogP contribution in [0.3, 0.4) is 0 Å². The first-order valence-electron chi connectivity index (χ1n) is 8.32. The number of aliphatic hydroxyl groups is 1. The van der Waals surface area contributed by atoms with Gasteiger partial charge in [0.1, 0.15) is 5.75 Å². The lowest BCUT2D eigenvalue weighted by molar-refractivity contribution is -0.119. The van der Waals surface area contributed by atoms with Crippen LogP contribution in [0.25, 0.3) is 5.57 Å². The third-order valence-electron chi connectivity index (χ3n) is 3.85. The number of aliphatic hydroxyl groups excluding tert-OH is 1. The van der Waals surface area contributed by atoms with Crippen molar-refractivity contribution in [3.63, 3.8) is 0 Å². The smallest absolute Gasteiger partial charge is 0.272 e. The van der Waals surface area contributed by atoms with Gasteiger partial charge in [0.05, 0.1) is 29.4 Å². The summed E-state index contributed by atoms with van der Waals surface area (Å²) in [6, 6.07) is 16.0. The highest BCUT2D eigenvalue weighted by Crippen LogP contribution is 2.38. The molecule has 0 bridgehead atoms. The topological polar surface area (TPSA) is 66.8 Å². The number of hydrogen-bond acceptors (Lipinski definition) is 5. The van der Waals surface area contributed by atoms with Gasteiger partial charge in [0.15, 0.2) is 0 Å². The molecule has 0 spiro atoms. The fourth-order valence-corrected chi connectivity index (χ4v) is 3.60. The number of thioether (sulfide) groups is 1. The number of ether oxygens (including phenoxy) is 1. The van der Waals surface area contributed by atoms with Gasteiger partial charge in [0.25, 0.3) is 11.8 Å². The third-order valence-corrected chi connectivity index (χ3v) is 4.90. The van der Waals surface area contributed by atoms with Crippen molar-refractivity contribution in [2.24, 2.45) is 0 Å². The lowest BCUT2D eigenvalue weighted by atomic mass is 10.1. The molecule has 6 heteroatoms. The normalized spacial score (nSPS) is 14.3. The number of carbonyl (C=O) groups excluding carboxylic acids is 2. The SMILES string of the molecule is CCOc1ccc(N2C(=O)C(SCCO)=C(c3ccccc3)C2=O)cc1.